The van der Waals surface area contributed by atoms with E-state index >= 15 is 0 Å². The van der Waals surface area contributed by atoms with Gasteiger partial charge in [0.25, 0.3) is 0 Å². The number of nitrogens with one attached hydrogen (secondary N) is 2. The molecule has 3 heterocycles. The Kier molecular flexibility index (Phi) is 4.25. The number of nitrogens with zero attached hydrogens (tertiary/aromatic N) is 4. The maximum Gasteiger partial charge on any atom is 0.310 e. The van der Waals surface area contributed by atoms with Gasteiger partial charge in [0, 0.05) is 17.3 Å². The van der Waals surface area contributed by atoms with Crippen LogP contribution in [0.3, 0.4) is 0 Å². The zero-order valence-electron chi connectivity index (χ0n) is 15.2. The molecule has 28 heavy (non-hydrogen) atoms. The lowest BCUT2D eigenvalue weighted by molar-refractivity contribution is -0.146. The highest BCUT2D eigenvalue weighted by Crippen LogP contribution is 2.54. The van der Waals surface area contributed by atoms with Crippen LogP contribution in [0.4, 0.5) is 11.4 Å². The Balaban J connectivity index is 1.75. The topological polar surface area (TPSA) is 131 Å². The molecule has 1 amide bonds. The van der Waals surface area contributed by atoms with Crippen molar-refractivity contribution in [3.8, 4) is 12.1 Å². The number of anilines is 2. The van der Waals surface area contributed by atoms with Crippen molar-refractivity contribution >= 4 is 29.0 Å². The summed E-state index contributed by atoms with van der Waals surface area (Å²) in [6, 6.07) is 8.60. The first-order valence-corrected chi connectivity index (χ1v) is 8.99. The van der Waals surface area contributed by atoms with Crippen LogP contribution in [0.5, 0.6) is 0 Å². The van der Waals surface area contributed by atoms with Gasteiger partial charge in [-0.3, -0.25) is 19.9 Å². The van der Waals surface area contributed by atoms with Crippen LogP contribution < -0.4 is 10.7 Å². The summed E-state index contributed by atoms with van der Waals surface area (Å²) >= 11 is 0. The molecule has 2 fully saturated rings. The third kappa shape index (κ3) is 2.44. The highest BCUT2D eigenvalue weighted by Gasteiger charge is 2.63. The molecule has 3 atom stereocenters. The number of carbonyl (C=O) groups is 2. The Bertz CT molecular complexity index is 959. The molecule has 0 aliphatic carbocycles. The summed E-state index contributed by atoms with van der Waals surface area (Å²) in [5.74, 6) is -0.791. The molecule has 2 saturated heterocycles. The van der Waals surface area contributed by atoms with Gasteiger partial charge in [-0.25, -0.2) is 0 Å². The lowest BCUT2D eigenvalue weighted by Gasteiger charge is -2.32. The number of nitriles is 2. The minimum absolute atomic E-state index is 0.0254. The van der Waals surface area contributed by atoms with Gasteiger partial charge in [0.1, 0.15) is 17.7 Å². The van der Waals surface area contributed by atoms with Crippen molar-refractivity contribution in [1.82, 2.24) is 4.90 Å². The van der Waals surface area contributed by atoms with Gasteiger partial charge in [-0.05, 0) is 44.0 Å². The van der Waals surface area contributed by atoms with Gasteiger partial charge in [0.2, 0.25) is 11.6 Å². The predicted molar refractivity (Wildman–Crippen MR) is 98.9 cm³/mol. The molecule has 1 aromatic rings. The van der Waals surface area contributed by atoms with Gasteiger partial charge in [0.05, 0.1) is 18.7 Å². The van der Waals surface area contributed by atoms with Crippen molar-refractivity contribution in [2.75, 3.05) is 24.4 Å². The van der Waals surface area contributed by atoms with Crippen molar-refractivity contribution < 1.29 is 14.3 Å². The molecule has 1 aromatic carbocycles. The number of amides is 1. The van der Waals surface area contributed by atoms with Gasteiger partial charge >= 0.3 is 5.97 Å². The van der Waals surface area contributed by atoms with Crippen LogP contribution in [-0.2, 0) is 19.9 Å². The molecule has 9 nitrogen and oxygen atoms in total. The number of hydrazone groups is 1. The molecule has 3 aliphatic heterocycles. The van der Waals surface area contributed by atoms with E-state index in [0.29, 0.717) is 17.8 Å². The van der Waals surface area contributed by atoms with Crippen LogP contribution in [0.1, 0.15) is 24.8 Å². The Morgan fingerprint density at radius 3 is 2.93 bits per heavy atom. The van der Waals surface area contributed by atoms with Crippen molar-refractivity contribution in [3.63, 3.8) is 0 Å². The molecule has 3 aliphatic rings. The number of ether oxygens (including phenoxy) is 1. The first kappa shape index (κ1) is 18.0. The zero-order chi connectivity index (χ0) is 19.9. The zero-order valence-corrected chi connectivity index (χ0v) is 15.2. The van der Waals surface area contributed by atoms with E-state index in [1.807, 2.05) is 0 Å². The van der Waals surface area contributed by atoms with Gasteiger partial charge in [-0.1, -0.05) is 0 Å². The second-order valence-electron chi connectivity index (χ2n) is 7.11. The molecular weight excluding hydrogens is 360 g/mol. The average molecular weight is 378 g/mol. The van der Waals surface area contributed by atoms with E-state index in [0.717, 1.165) is 24.9 Å². The Hall–Kier alpha value is -3.43. The lowest BCUT2D eigenvalue weighted by Crippen LogP contribution is -2.47. The predicted octanol–water partition coefficient (Wildman–Crippen LogP) is 1.31. The molecule has 3 unspecified atom stereocenters. The van der Waals surface area contributed by atoms with Gasteiger partial charge in [-0.2, -0.15) is 15.6 Å². The van der Waals surface area contributed by atoms with E-state index in [9.17, 15) is 9.59 Å². The van der Waals surface area contributed by atoms with Gasteiger partial charge < -0.3 is 10.1 Å². The lowest BCUT2D eigenvalue weighted by atomic mass is 9.84. The third-order valence-corrected chi connectivity index (χ3v) is 5.87. The average Bonchev–Trinajstić information content (AvgIpc) is 3.37. The van der Waals surface area contributed by atoms with E-state index in [1.54, 1.807) is 30.3 Å². The molecule has 0 bridgehead atoms. The summed E-state index contributed by atoms with van der Waals surface area (Å²) in [6.07, 6.45) is 2.12. The summed E-state index contributed by atoms with van der Waals surface area (Å²) in [7, 11) is 1.37. The van der Waals surface area contributed by atoms with Crippen molar-refractivity contribution in [1.29, 1.82) is 10.5 Å². The first-order valence-electron chi connectivity index (χ1n) is 8.99. The number of esters is 1. The number of carbonyl (C=O) groups excluding carboxylic acids is 2. The Morgan fingerprint density at radius 1 is 1.43 bits per heavy atom. The van der Waals surface area contributed by atoms with E-state index in [2.05, 4.69) is 20.7 Å². The minimum Gasteiger partial charge on any atom is -0.469 e. The number of hydrogen-bond donors (Lipinski definition) is 2. The highest BCUT2D eigenvalue weighted by molar-refractivity contribution is 6.10. The van der Waals surface area contributed by atoms with Crippen molar-refractivity contribution in [3.05, 3.63) is 23.8 Å². The summed E-state index contributed by atoms with van der Waals surface area (Å²) in [4.78, 5) is 27.6. The fourth-order valence-electron chi connectivity index (χ4n) is 4.74. The normalized spacial score (nSPS) is 27.3. The van der Waals surface area contributed by atoms with Crippen molar-refractivity contribution in [2.45, 2.75) is 30.8 Å². The number of fused-ring (bicyclic) bond motifs is 4. The quantitative estimate of drug-likeness (QED) is 0.460. The van der Waals surface area contributed by atoms with E-state index in [-0.39, 0.29) is 29.5 Å². The molecule has 0 radical (unpaired) electrons. The summed E-state index contributed by atoms with van der Waals surface area (Å²) in [5, 5.41) is 24.3. The van der Waals surface area contributed by atoms with Crippen LogP contribution in [0.2, 0.25) is 0 Å². The van der Waals surface area contributed by atoms with Crippen LogP contribution in [0.25, 0.3) is 0 Å². The maximum absolute atomic E-state index is 13.1. The summed E-state index contributed by atoms with van der Waals surface area (Å²) in [5.41, 5.74) is 3.49. The molecule has 2 N–H and O–H groups in total. The van der Waals surface area contributed by atoms with Gasteiger partial charge in [-0.15, -0.1) is 0 Å². The first-order chi connectivity index (χ1) is 13.5. The molecule has 1 spiro atoms. The molecular formula is C19H18N6O3. The highest BCUT2D eigenvalue weighted by atomic mass is 16.5. The molecule has 142 valence electrons. The molecule has 4 rings (SSSR count). The fourth-order valence-corrected chi connectivity index (χ4v) is 4.74. The summed E-state index contributed by atoms with van der Waals surface area (Å²) in [6.45, 7) is 0.730. The van der Waals surface area contributed by atoms with Gasteiger partial charge in [0.15, 0.2) is 0 Å². The van der Waals surface area contributed by atoms with Crippen LogP contribution in [-0.4, -0.2) is 42.2 Å². The number of hydrogen-bond acceptors (Lipinski definition) is 8. The molecule has 0 aromatic heterocycles. The number of methoxy groups -OCH3 is 1. The second kappa shape index (κ2) is 6.63. The Morgan fingerprint density at radius 2 is 2.21 bits per heavy atom. The number of rotatable bonds is 3. The third-order valence-electron chi connectivity index (χ3n) is 5.87. The minimum atomic E-state index is -0.927. The molecule has 0 saturated carbocycles. The SMILES string of the molecule is COC(=O)C1CC2(C(=O)Nc3ccc(NN=C(C#N)C#N)cc32)N2CCCC12. The summed E-state index contributed by atoms with van der Waals surface area (Å²) < 4.78 is 4.99. The maximum atomic E-state index is 13.1. The van der Waals surface area contributed by atoms with Crippen LogP contribution >= 0.6 is 0 Å². The van der Waals surface area contributed by atoms with Crippen molar-refractivity contribution in [2.24, 2.45) is 11.0 Å². The Labute approximate surface area is 161 Å². The standard InChI is InChI=1S/C19H18N6O3/c1-28-17(26)13-8-19(25-6-2-3-16(13)25)14-7-11(23-24-12(9-20)10-21)4-5-15(14)22-18(19)27/h4-5,7,13,16,23H,2-3,6,8H2,1H3,(H,22,27). The van der Waals surface area contributed by atoms with E-state index < -0.39 is 5.54 Å². The van der Waals surface area contributed by atoms with Crippen LogP contribution in [0.15, 0.2) is 23.3 Å². The fraction of sp³-hybridized carbons (Fsp3) is 0.421. The van der Waals surface area contributed by atoms with E-state index in [4.69, 9.17) is 15.3 Å². The molecule has 9 heteroatoms. The second-order valence-corrected chi connectivity index (χ2v) is 7.11. The largest absolute Gasteiger partial charge is 0.469 e. The van der Waals surface area contributed by atoms with Crippen LogP contribution in [0, 0.1) is 28.6 Å². The smallest absolute Gasteiger partial charge is 0.310 e. The van der Waals surface area contributed by atoms with E-state index in [1.165, 1.54) is 7.11 Å². The number of benzene rings is 1. The monoisotopic (exact) mass is 378 g/mol.